The summed E-state index contributed by atoms with van der Waals surface area (Å²) in [6.07, 6.45) is 1.17. The number of aryl methyl sites for hydroxylation is 1. The van der Waals surface area contributed by atoms with Crippen LogP contribution in [0, 0.1) is 12.7 Å². The fourth-order valence-corrected chi connectivity index (χ4v) is 3.07. The van der Waals surface area contributed by atoms with Gasteiger partial charge in [-0.3, -0.25) is 0 Å². The molecule has 1 N–H and O–H groups in total. The van der Waals surface area contributed by atoms with Gasteiger partial charge >= 0.3 is 0 Å². The first kappa shape index (κ1) is 10.8. The molecule has 1 aliphatic heterocycles. The van der Waals surface area contributed by atoms with Gasteiger partial charge in [0.05, 0.1) is 0 Å². The zero-order chi connectivity index (χ0) is 10.8. The number of halogens is 1. The molecule has 82 valence electrons. The Morgan fingerprint density at radius 2 is 2.27 bits per heavy atom. The lowest BCUT2D eigenvalue weighted by Crippen LogP contribution is -2.25. The average Bonchev–Trinajstić information content (AvgIpc) is 2.58. The molecule has 2 atom stereocenters. The van der Waals surface area contributed by atoms with Gasteiger partial charge in [-0.25, -0.2) is 4.39 Å². The van der Waals surface area contributed by atoms with Gasteiger partial charge in [0.15, 0.2) is 0 Å². The van der Waals surface area contributed by atoms with E-state index in [9.17, 15) is 4.39 Å². The molecule has 2 unspecified atom stereocenters. The van der Waals surface area contributed by atoms with Gasteiger partial charge in [-0.05, 0) is 36.8 Å². The Morgan fingerprint density at radius 1 is 1.47 bits per heavy atom. The van der Waals surface area contributed by atoms with E-state index in [2.05, 4.69) is 12.2 Å². The summed E-state index contributed by atoms with van der Waals surface area (Å²) < 4.78 is 13.1. The highest BCUT2D eigenvalue weighted by Crippen LogP contribution is 2.29. The van der Waals surface area contributed by atoms with Crippen molar-refractivity contribution in [3.05, 3.63) is 29.6 Å². The van der Waals surface area contributed by atoms with Crippen LogP contribution in [0.25, 0.3) is 0 Å². The van der Waals surface area contributed by atoms with Crippen LogP contribution in [0.4, 0.5) is 10.1 Å². The molecule has 2 rings (SSSR count). The minimum atomic E-state index is -0.165. The summed E-state index contributed by atoms with van der Waals surface area (Å²) in [7, 11) is 0. The van der Waals surface area contributed by atoms with Crippen LogP contribution in [0.3, 0.4) is 0 Å². The smallest absolute Gasteiger partial charge is 0.125 e. The molecule has 3 heteroatoms. The molecule has 1 fully saturated rings. The lowest BCUT2D eigenvalue weighted by Gasteiger charge is -2.19. The predicted octanol–water partition coefficient (Wildman–Crippen LogP) is 3.44. The Bertz CT molecular complexity index is 353. The standard InChI is InChI=1S/C12H16FNS/c1-8-3-4-10(13)7-12(8)14-11-5-6-15-9(11)2/h3-4,7,9,11,14H,5-6H2,1-2H3. The van der Waals surface area contributed by atoms with Crippen molar-refractivity contribution < 1.29 is 4.39 Å². The lowest BCUT2D eigenvalue weighted by molar-refractivity contribution is 0.626. The largest absolute Gasteiger partial charge is 0.381 e. The van der Waals surface area contributed by atoms with Crippen LogP contribution in [-0.2, 0) is 0 Å². The van der Waals surface area contributed by atoms with Crippen molar-refractivity contribution in [3.8, 4) is 0 Å². The van der Waals surface area contributed by atoms with Crippen LogP contribution in [0.1, 0.15) is 18.9 Å². The van der Waals surface area contributed by atoms with Crippen molar-refractivity contribution in [1.82, 2.24) is 0 Å². The Kier molecular flexibility index (Phi) is 3.19. The first-order valence-electron chi connectivity index (χ1n) is 5.31. The van der Waals surface area contributed by atoms with E-state index in [1.165, 1.54) is 18.2 Å². The van der Waals surface area contributed by atoms with Crippen LogP contribution >= 0.6 is 11.8 Å². The number of benzene rings is 1. The fraction of sp³-hybridized carbons (Fsp3) is 0.500. The highest BCUT2D eigenvalue weighted by atomic mass is 32.2. The number of rotatable bonds is 2. The predicted molar refractivity (Wildman–Crippen MR) is 65.1 cm³/mol. The first-order valence-corrected chi connectivity index (χ1v) is 6.36. The van der Waals surface area contributed by atoms with Gasteiger partial charge in [-0.2, -0.15) is 11.8 Å². The summed E-state index contributed by atoms with van der Waals surface area (Å²) in [5, 5.41) is 4.06. The Balaban J connectivity index is 2.12. The lowest BCUT2D eigenvalue weighted by atomic mass is 10.1. The molecule has 1 aliphatic rings. The second-order valence-electron chi connectivity index (χ2n) is 4.07. The maximum Gasteiger partial charge on any atom is 0.125 e. The Hall–Kier alpha value is -0.700. The molecular weight excluding hydrogens is 209 g/mol. The first-order chi connectivity index (χ1) is 7.16. The molecule has 1 heterocycles. The van der Waals surface area contributed by atoms with Gasteiger partial charge < -0.3 is 5.32 Å². The van der Waals surface area contributed by atoms with Gasteiger partial charge in [0.2, 0.25) is 0 Å². The zero-order valence-electron chi connectivity index (χ0n) is 9.09. The van der Waals surface area contributed by atoms with Crippen molar-refractivity contribution in [2.75, 3.05) is 11.1 Å². The monoisotopic (exact) mass is 225 g/mol. The summed E-state index contributed by atoms with van der Waals surface area (Å²) in [6.45, 7) is 4.23. The van der Waals surface area contributed by atoms with Crippen molar-refractivity contribution in [1.29, 1.82) is 0 Å². The maximum atomic E-state index is 13.1. The molecule has 1 saturated heterocycles. The van der Waals surface area contributed by atoms with E-state index >= 15 is 0 Å². The Labute approximate surface area is 94.5 Å². The number of nitrogens with one attached hydrogen (secondary N) is 1. The molecule has 0 radical (unpaired) electrons. The quantitative estimate of drug-likeness (QED) is 0.827. The third kappa shape index (κ3) is 2.46. The molecule has 0 aromatic heterocycles. The topological polar surface area (TPSA) is 12.0 Å². The van der Waals surface area contributed by atoms with Gasteiger partial charge in [0.1, 0.15) is 5.82 Å². The third-order valence-corrected chi connectivity index (χ3v) is 4.24. The van der Waals surface area contributed by atoms with Crippen molar-refractivity contribution >= 4 is 17.4 Å². The molecule has 1 nitrogen and oxygen atoms in total. The normalized spacial score (nSPS) is 25.5. The van der Waals surface area contributed by atoms with Crippen LogP contribution in [0.15, 0.2) is 18.2 Å². The zero-order valence-corrected chi connectivity index (χ0v) is 9.90. The molecule has 0 saturated carbocycles. The molecular formula is C12H16FNS. The molecule has 0 spiro atoms. The van der Waals surface area contributed by atoms with E-state index in [-0.39, 0.29) is 5.82 Å². The van der Waals surface area contributed by atoms with E-state index < -0.39 is 0 Å². The summed E-state index contributed by atoms with van der Waals surface area (Å²) in [5.74, 6) is 1.04. The molecule has 0 amide bonds. The minimum absolute atomic E-state index is 0.165. The second kappa shape index (κ2) is 4.44. The molecule has 1 aromatic carbocycles. The molecule has 1 aromatic rings. The fourth-order valence-electron chi connectivity index (χ4n) is 1.87. The van der Waals surface area contributed by atoms with Crippen LogP contribution in [0.2, 0.25) is 0 Å². The number of anilines is 1. The summed E-state index contributed by atoms with van der Waals surface area (Å²) >= 11 is 1.98. The average molecular weight is 225 g/mol. The minimum Gasteiger partial charge on any atom is -0.381 e. The molecule has 0 bridgehead atoms. The van der Waals surface area contributed by atoms with E-state index in [1.54, 1.807) is 6.07 Å². The van der Waals surface area contributed by atoms with E-state index in [1.807, 2.05) is 24.8 Å². The summed E-state index contributed by atoms with van der Waals surface area (Å²) in [4.78, 5) is 0. The second-order valence-corrected chi connectivity index (χ2v) is 5.56. The van der Waals surface area contributed by atoms with Crippen molar-refractivity contribution in [3.63, 3.8) is 0 Å². The summed E-state index contributed by atoms with van der Waals surface area (Å²) in [6, 6.07) is 5.40. The third-order valence-electron chi connectivity index (χ3n) is 2.92. The molecule has 0 aliphatic carbocycles. The van der Waals surface area contributed by atoms with Crippen LogP contribution in [0.5, 0.6) is 0 Å². The number of thioether (sulfide) groups is 1. The highest BCUT2D eigenvalue weighted by molar-refractivity contribution is 8.00. The summed E-state index contributed by atoms with van der Waals surface area (Å²) in [5.41, 5.74) is 2.05. The van der Waals surface area contributed by atoms with Gasteiger partial charge in [0.25, 0.3) is 0 Å². The van der Waals surface area contributed by atoms with E-state index in [0.29, 0.717) is 11.3 Å². The SMILES string of the molecule is Cc1ccc(F)cc1NC1CCSC1C. The van der Waals surface area contributed by atoms with E-state index in [4.69, 9.17) is 0 Å². The Morgan fingerprint density at radius 3 is 2.93 bits per heavy atom. The van der Waals surface area contributed by atoms with Gasteiger partial charge in [-0.15, -0.1) is 0 Å². The molecule has 15 heavy (non-hydrogen) atoms. The van der Waals surface area contributed by atoms with Crippen molar-refractivity contribution in [2.45, 2.75) is 31.6 Å². The number of hydrogen-bond acceptors (Lipinski definition) is 2. The van der Waals surface area contributed by atoms with Gasteiger partial charge in [-0.1, -0.05) is 13.0 Å². The van der Waals surface area contributed by atoms with Crippen LogP contribution in [-0.4, -0.2) is 17.0 Å². The van der Waals surface area contributed by atoms with E-state index in [0.717, 1.165) is 11.3 Å². The number of hydrogen-bond donors (Lipinski definition) is 1. The van der Waals surface area contributed by atoms with Crippen molar-refractivity contribution in [2.24, 2.45) is 0 Å². The van der Waals surface area contributed by atoms with Gasteiger partial charge in [0, 0.05) is 17.0 Å². The van der Waals surface area contributed by atoms with Crippen LogP contribution < -0.4 is 5.32 Å². The highest BCUT2D eigenvalue weighted by Gasteiger charge is 2.23. The maximum absolute atomic E-state index is 13.1.